The number of rotatable bonds is 5. The van der Waals surface area contributed by atoms with E-state index in [1.54, 1.807) is 27.7 Å². The van der Waals surface area contributed by atoms with Crippen molar-refractivity contribution in [1.29, 1.82) is 0 Å². The molecule has 1 aliphatic heterocycles. The van der Waals surface area contributed by atoms with Crippen LogP contribution in [0, 0.1) is 0 Å². The van der Waals surface area contributed by atoms with Crippen molar-refractivity contribution in [3.05, 3.63) is 11.6 Å². The van der Waals surface area contributed by atoms with Gasteiger partial charge in [-0.3, -0.25) is 4.79 Å². The van der Waals surface area contributed by atoms with E-state index in [1.165, 1.54) is 5.57 Å². The zero-order valence-electron chi connectivity index (χ0n) is 13.3. The Balaban J connectivity index is 2.01. The molecule has 1 heterocycles. The van der Waals surface area contributed by atoms with Crippen molar-refractivity contribution in [2.45, 2.75) is 70.6 Å². The summed E-state index contributed by atoms with van der Waals surface area (Å²) in [6.07, 6.45) is 5.33. The number of Topliss-reactive ketones (excluding diaryl/α,β-unsaturated/α-hetero) is 1. The number of ether oxygens (including phenoxy) is 2. The van der Waals surface area contributed by atoms with Gasteiger partial charge in [-0.25, -0.2) is 4.79 Å². The molecule has 0 aromatic carbocycles. The van der Waals surface area contributed by atoms with Crippen LogP contribution in [0.2, 0.25) is 0 Å². The van der Waals surface area contributed by atoms with Crippen LogP contribution in [0.4, 0.5) is 4.79 Å². The molecule has 2 atom stereocenters. The summed E-state index contributed by atoms with van der Waals surface area (Å²) < 4.78 is 10.5. The summed E-state index contributed by atoms with van der Waals surface area (Å²) in [7, 11) is 0. The van der Waals surface area contributed by atoms with Crippen LogP contribution in [0.5, 0.6) is 0 Å². The fourth-order valence-corrected chi connectivity index (χ4v) is 2.46. The minimum atomic E-state index is -0.737. The lowest BCUT2D eigenvalue weighted by atomic mass is 9.95. The van der Waals surface area contributed by atoms with Gasteiger partial charge in [0.1, 0.15) is 11.2 Å². The molecule has 0 spiro atoms. The first kappa shape index (κ1) is 16.0. The molecule has 1 fully saturated rings. The number of hydrogen-bond donors (Lipinski definition) is 1. The number of nitrogens with one attached hydrogen (secondary N) is 1. The smallest absolute Gasteiger partial charge is 0.408 e. The Labute approximate surface area is 126 Å². The second kappa shape index (κ2) is 5.79. The van der Waals surface area contributed by atoms with E-state index in [4.69, 9.17) is 9.47 Å². The first-order chi connectivity index (χ1) is 9.70. The van der Waals surface area contributed by atoms with Crippen LogP contribution in [0.15, 0.2) is 11.6 Å². The number of carbonyl (C=O) groups is 2. The Bertz CT molecular complexity index is 457. The number of allylic oxidation sites excluding steroid dienone is 1. The first-order valence-electron chi connectivity index (χ1n) is 7.55. The first-order valence-corrected chi connectivity index (χ1v) is 7.55. The molecule has 118 valence electrons. The van der Waals surface area contributed by atoms with Gasteiger partial charge in [0.2, 0.25) is 0 Å². The summed E-state index contributed by atoms with van der Waals surface area (Å²) in [5.74, 6) is -0.0684. The maximum absolute atomic E-state index is 12.5. The molecule has 2 aliphatic rings. The van der Waals surface area contributed by atoms with Crippen molar-refractivity contribution in [1.82, 2.24) is 5.32 Å². The zero-order valence-corrected chi connectivity index (χ0v) is 13.3. The van der Waals surface area contributed by atoms with Crippen molar-refractivity contribution in [3.8, 4) is 0 Å². The Morgan fingerprint density at radius 1 is 1.48 bits per heavy atom. The third-order valence-electron chi connectivity index (χ3n) is 3.71. The largest absolute Gasteiger partial charge is 0.444 e. The average molecular weight is 295 g/mol. The fraction of sp³-hybridized carbons (Fsp3) is 0.750. The molecule has 0 saturated carbocycles. The van der Waals surface area contributed by atoms with E-state index < -0.39 is 23.3 Å². The van der Waals surface area contributed by atoms with E-state index in [-0.39, 0.29) is 5.78 Å². The van der Waals surface area contributed by atoms with Gasteiger partial charge in [-0.2, -0.15) is 0 Å². The summed E-state index contributed by atoms with van der Waals surface area (Å²) in [5.41, 5.74) is -0.0861. The van der Waals surface area contributed by atoms with Gasteiger partial charge in [0.15, 0.2) is 5.78 Å². The van der Waals surface area contributed by atoms with Gasteiger partial charge in [-0.1, -0.05) is 11.6 Å². The lowest BCUT2D eigenvalue weighted by molar-refractivity contribution is -0.125. The highest BCUT2D eigenvalue weighted by Crippen LogP contribution is 2.31. The quantitative estimate of drug-likeness (QED) is 0.625. The van der Waals surface area contributed by atoms with Crippen LogP contribution >= 0.6 is 0 Å². The van der Waals surface area contributed by atoms with Crippen LogP contribution in [-0.2, 0) is 14.3 Å². The molecule has 0 aromatic heterocycles. The molecule has 0 aromatic rings. The van der Waals surface area contributed by atoms with E-state index in [1.807, 2.05) is 0 Å². The van der Waals surface area contributed by atoms with Gasteiger partial charge in [0.25, 0.3) is 0 Å². The number of carbonyl (C=O) groups excluding carboxylic acids is 2. The fourth-order valence-electron chi connectivity index (χ4n) is 2.46. The highest BCUT2D eigenvalue weighted by molar-refractivity contribution is 5.96. The molecule has 1 amide bonds. The van der Waals surface area contributed by atoms with Crippen molar-refractivity contribution in [2.24, 2.45) is 0 Å². The third kappa shape index (κ3) is 4.56. The van der Waals surface area contributed by atoms with Crippen LogP contribution in [-0.4, -0.2) is 35.7 Å². The average Bonchev–Trinajstić information content (AvgIpc) is 2.88. The van der Waals surface area contributed by atoms with Gasteiger partial charge in [0.05, 0.1) is 12.6 Å². The number of epoxide rings is 1. The molecule has 2 rings (SSSR count). The minimum absolute atomic E-state index is 0.0684. The van der Waals surface area contributed by atoms with Crippen molar-refractivity contribution >= 4 is 11.9 Å². The molecular weight excluding hydrogens is 270 g/mol. The Kier molecular flexibility index (Phi) is 4.42. The van der Waals surface area contributed by atoms with Crippen molar-refractivity contribution < 1.29 is 19.1 Å². The van der Waals surface area contributed by atoms with E-state index >= 15 is 0 Å². The van der Waals surface area contributed by atoms with Gasteiger partial charge < -0.3 is 14.8 Å². The molecule has 21 heavy (non-hydrogen) atoms. The molecule has 1 N–H and O–H groups in total. The van der Waals surface area contributed by atoms with E-state index in [9.17, 15) is 9.59 Å². The highest BCUT2D eigenvalue weighted by Gasteiger charge is 2.50. The van der Waals surface area contributed by atoms with Crippen molar-refractivity contribution in [2.75, 3.05) is 6.61 Å². The Morgan fingerprint density at radius 2 is 2.14 bits per heavy atom. The standard InChI is InChI=1S/C16H25NO4/c1-15(2,3)21-14(19)17-12(9-11-7-5-6-8-11)13(18)16(4)10-20-16/h7,12H,5-6,8-10H2,1-4H3,(H,17,19). The molecule has 5 heteroatoms. The maximum atomic E-state index is 12.5. The van der Waals surface area contributed by atoms with Crippen molar-refractivity contribution in [3.63, 3.8) is 0 Å². The molecule has 0 bridgehead atoms. The Morgan fingerprint density at radius 3 is 2.62 bits per heavy atom. The monoisotopic (exact) mass is 295 g/mol. The highest BCUT2D eigenvalue weighted by atomic mass is 16.6. The minimum Gasteiger partial charge on any atom is -0.444 e. The molecular formula is C16H25NO4. The maximum Gasteiger partial charge on any atom is 0.408 e. The zero-order chi connectivity index (χ0) is 15.7. The summed E-state index contributed by atoms with van der Waals surface area (Å²) in [5, 5.41) is 2.72. The summed E-state index contributed by atoms with van der Waals surface area (Å²) in [4.78, 5) is 24.4. The SMILES string of the molecule is CC(C)(C)OC(=O)NC(CC1=CCCC1)C(=O)C1(C)CO1. The predicted octanol–water partition coefficient (Wildman–Crippen LogP) is 2.74. The normalized spacial score (nSPS) is 26.0. The third-order valence-corrected chi connectivity index (χ3v) is 3.71. The molecule has 0 radical (unpaired) electrons. The van der Waals surface area contributed by atoms with E-state index in [2.05, 4.69) is 11.4 Å². The summed E-state index contributed by atoms with van der Waals surface area (Å²) in [6.45, 7) is 7.59. The summed E-state index contributed by atoms with van der Waals surface area (Å²) >= 11 is 0. The van der Waals surface area contributed by atoms with Gasteiger partial charge in [-0.15, -0.1) is 0 Å². The summed E-state index contributed by atoms with van der Waals surface area (Å²) in [6, 6.07) is -0.573. The second-order valence-corrected chi connectivity index (χ2v) is 7.04. The topological polar surface area (TPSA) is 67.9 Å². The number of hydrogen-bond acceptors (Lipinski definition) is 4. The van der Waals surface area contributed by atoms with Gasteiger partial charge in [0, 0.05) is 0 Å². The lowest BCUT2D eigenvalue weighted by Crippen LogP contribution is -2.47. The van der Waals surface area contributed by atoms with Gasteiger partial charge in [-0.05, 0) is 53.4 Å². The number of amides is 1. The van der Waals surface area contributed by atoms with Gasteiger partial charge >= 0.3 is 6.09 Å². The second-order valence-electron chi connectivity index (χ2n) is 7.04. The van der Waals surface area contributed by atoms with Crippen LogP contribution in [0.1, 0.15) is 53.4 Å². The molecule has 1 aliphatic carbocycles. The molecule has 5 nitrogen and oxygen atoms in total. The molecule has 2 unspecified atom stereocenters. The van der Waals surface area contributed by atoms with E-state index in [0.29, 0.717) is 13.0 Å². The Hall–Kier alpha value is -1.36. The number of ketones is 1. The van der Waals surface area contributed by atoms with E-state index in [0.717, 1.165) is 19.3 Å². The van der Waals surface area contributed by atoms with Crippen LogP contribution < -0.4 is 5.32 Å². The predicted molar refractivity (Wildman–Crippen MR) is 79.1 cm³/mol. The van der Waals surface area contributed by atoms with Crippen LogP contribution in [0.3, 0.4) is 0 Å². The van der Waals surface area contributed by atoms with Crippen LogP contribution in [0.25, 0.3) is 0 Å². The molecule has 1 saturated heterocycles. The lowest BCUT2D eigenvalue weighted by Gasteiger charge is -2.24. The number of alkyl carbamates (subject to hydrolysis) is 1.